The maximum Gasteiger partial charge on any atom is 0.174 e. The van der Waals surface area contributed by atoms with E-state index in [9.17, 15) is 0 Å². The minimum Gasteiger partial charge on any atom is -0.485 e. The molecule has 0 saturated carbocycles. The van der Waals surface area contributed by atoms with Crippen molar-refractivity contribution >= 4 is 15.9 Å². The number of nitrogens with zero attached hydrogens (tertiary/aromatic N) is 1. The second-order valence-corrected chi connectivity index (χ2v) is 5.05. The Morgan fingerprint density at radius 3 is 2.72 bits per heavy atom. The highest BCUT2D eigenvalue weighted by Crippen LogP contribution is 2.28. The summed E-state index contributed by atoms with van der Waals surface area (Å²) in [5.41, 5.74) is 8.59. The van der Waals surface area contributed by atoms with Gasteiger partial charge >= 0.3 is 0 Å². The van der Waals surface area contributed by atoms with Crippen molar-refractivity contribution in [1.29, 1.82) is 0 Å². The van der Waals surface area contributed by atoms with Crippen molar-refractivity contribution in [2.24, 2.45) is 5.73 Å². The van der Waals surface area contributed by atoms with Crippen LogP contribution < -0.4 is 10.5 Å². The van der Waals surface area contributed by atoms with Crippen molar-refractivity contribution in [2.75, 3.05) is 0 Å². The van der Waals surface area contributed by atoms with Crippen molar-refractivity contribution in [3.05, 3.63) is 45.3 Å². The zero-order valence-electron chi connectivity index (χ0n) is 10.4. The van der Waals surface area contributed by atoms with Gasteiger partial charge in [-0.2, -0.15) is 0 Å². The van der Waals surface area contributed by atoms with Gasteiger partial charge in [0.05, 0.1) is 5.69 Å². The van der Waals surface area contributed by atoms with E-state index in [2.05, 4.69) is 21.1 Å². The minimum atomic E-state index is 0.357. The quantitative estimate of drug-likeness (QED) is 0.942. The molecule has 1 aromatic heterocycles. The molecular weight excluding hydrogens is 296 g/mol. The molecule has 0 fully saturated rings. The van der Waals surface area contributed by atoms with Crippen LogP contribution in [0.4, 0.5) is 0 Å². The third kappa shape index (κ3) is 2.91. The molecule has 0 bridgehead atoms. The summed E-state index contributed by atoms with van der Waals surface area (Å²) < 4.78 is 11.9. The van der Waals surface area contributed by atoms with Gasteiger partial charge in [-0.15, -0.1) is 0 Å². The summed E-state index contributed by atoms with van der Waals surface area (Å²) in [6, 6.07) is 5.82. The van der Waals surface area contributed by atoms with Crippen LogP contribution in [0, 0.1) is 13.8 Å². The number of aromatic nitrogens is 1. The SMILES string of the molecule is Cc1cc(COc2c(C)cc(Br)cc2CN)on1. The van der Waals surface area contributed by atoms with Crippen molar-refractivity contribution in [3.8, 4) is 5.75 Å². The fourth-order valence-electron chi connectivity index (χ4n) is 1.79. The highest BCUT2D eigenvalue weighted by Gasteiger charge is 2.09. The smallest absolute Gasteiger partial charge is 0.174 e. The molecule has 0 atom stereocenters. The average Bonchev–Trinajstić information content (AvgIpc) is 2.73. The van der Waals surface area contributed by atoms with Gasteiger partial charge < -0.3 is 15.0 Å². The predicted octanol–water partition coefficient (Wildman–Crippen LogP) is 3.09. The number of aryl methyl sites for hydroxylation is 2. The van der Waals surface area contributed by atoms with E-state index >= 15 is 0 Å². The largest absolute Gasteiger partial charge is 0.485 e. The molecule has 0 aliphatic heterocycles. The third-order valence-electron chi connectivity index (χ3n) is 2.57. The van der Waals surface area contributed by atoms with Gasteiger partial charge in [-0.1, -0.05) is 21.1 Å². The molecule has 2 rings (SSSR count). The maximum absolute atomic E-state index is 5.78. The molecule has 0 amide bonds. The Kier molecular flexibility index (Phi) is 4.04. The van der Waals surface area contributed by atoms with Crippen molar-refractivity contribution in [1.82, 2.24) is 5.16 Å². The van der Waals surface area contributed by atoms with Crippen LogP contribution in [0.5, 0.6) is 5.75 Å². The number of nitrogens with two attached hydrogens (primary N) is 1. The van der Waals surface area contributed by atoms with Gasteiger partial charge in [0, 0.05) is 22.6 Å². The van der Waals surface area contributed by atoms with E-state index in [0.29, 0.717) is 18.9 Å². The standard InChI is InChI=1S/C13H15BrN2O2/c1-8-3-11(14)5-10(6-15)13(8)17-7-12-4-9(2)16-18-12/h3-5H,6-7,15H2,1-2H3. The summed E-state index contributed by atoms with van der Waals surface area (Å²) in [6.45, 7) is 4.66. The van der Waals surface area contributed by atoms with Gasteiger partial charge in [0.2, 0.25) is 0 Å². The lowest BCUT2D eigenvalue weighted by Gasteiger charge is -2.12. The first-order chi connectivity index (χ1) is 8.60. The molecule has 2 aromatic rings. The molecule has 1 heterocycles. The molecule has 0 spiro atoms. The first-order valence-corrected chi connectivity index (χ1v) is 6.43. The van der Waals surface area contributed by atoms with E-state index in [4.69, 9.17) is 15.0 Å². The third-order valence-corrected chi connectivity index (χ3v) is 3.03. The summed E-state index contributed by atoms with van der Waals surface area (Å²) in [6.07, 6.45) is 0. The van der Waals surface area contributed by atoms with Crippen LogP contribution in [0.2, 0.25) is 0 Å². The van der Waals surface area contributed by atoms with E-state index in [1.54, 1.807) is 0 Å². The van der Waals surface area contributed by atoms with E-state index in [0.717, 1.165) is 27.0 Å². The Hall–Kier alpha value is -1.33. The molecule has 1 aromatic carbocycles. The molecular formula is C13H15BrN2O2. The summed E-state index contributed by atoms with van der Waals surface area (Å²) in [4.78, 5) is 0. The molecule has 0 aliphatic rings. The van der Waals surface area contributed by atoms with Crippen LogP contribution in [0.25, 0.3) is 0 Å². The number of ether oxygens (including phenoxy) is 1. The van der Waals surface area contributed by atoms with Crippen molar-refractivity contribution < 1.29 is 9.26 Å². The topological polar surface area (TPSA) is 61.3 Å². The van der Waals surface area contributed by atoms with Gasteiger partial charge in [-0.05, 0) is 31.5 Å². The highest BCUT2D eigenvalue weighted by atomic mass is 79.9. The van der Waals surface area contributed by atoms with Crippen LogP contribution in [0.3, 0.4) is 0 Å². The lowest BCUT2D eigenvalue weighted by atomic mass is 10.1. The lowest BCUT2D eigenvalue weighted by molar-refractivity contribution is 0.245. The highest BCUT2D eigenvalue weighted by molar-refractivity contribution is 9.10. The Labute approximate surface area is 114 Å². The zero-order chi connectivity index (χ0) is 13.1. The first-order valence-electron chi connectivity index (χ1n) is 5.64. The summed E-state index contributed by atoms with van der Waals surface area (Å²) in [5.74, 6) is 1.52. The molecule has 0 unspecified atom stereocenters. The second kappa shape index (κ2) is 5.54. The van der Waals surface area contributed by atoms with Crippen LogP contribution in [0.15, 0.2) is 27.2 Å². The summed E-state index contributed by atoms with van der Waals surface area (Å²) in [7, 11) is 0. The van der Waals surface area contributed by atoms with E-state index in [1.807, 2.05) is 32.0 Å². The molecule has 0 radical (unpaired) electrons. The van der Waals surface area contributed by atoms with E-state index < -0.39 is 0 Å². The normalized spacial score (nSPS) is 10.7. The van der Waals surface area contributed by atoms with Gasteiger partial charge in [0.1, 0.15) is 12.4 Å². The Balaban J connectivity index is 2.18. The molecule has 5 heteroatoms. The Bertz CT molecular complexity index is 552. The van der Waals surface area contributed by atoms with Gasteiger partial charge in [0.15, 0.2) is 5.76 Å². The molecule has 96 valence electrons. The summed E-state index contributed by atoms with van der Waals surface area (Å²) in [5, 5.41) is 3.82. The molecule has 2 N–H and O–H groups in total. The minimum absolute atomic E-state index is 0.357. The van der Waals surface area contributed by atoms with Crippen LogP contribution >= 0.6 is 15.9 Å². The average molecular weight is 311 g/mol. The molecule has 4 nitrogen and oxygen atoms in total. The Morgan fingerprint density at radius 1 is 1.33 bits per heavy atom. The van der Waals surface area contributed by atoms with Crippen molar-refractivity contribution in [2.45, 2.75) is 27.0 Å². The monoisotopic (exact) mass is 310 g/mol. The van der Waals surface area contributed by atoms with Crippen LogP contribution in [-0.4, -0.2) is 5.16 Å². The number of hydrogen-bond donors (Lipinski definition) is 1. The number of benzene rings is 1. The van der Waals surface area contributed by atoms with Gasteiger partial charge in [-0.3, -0.25) is 0 Å². The number of halogens is 1. The molecule has 0 aliphatic carbocycles. The lowest BCUT2D eigenvalue weighted by Crippen LogP contribution is -2.04. The van der Waals surface area contributed by atoms with Gasteiger partial charge in [-0.25, -0.2) is 0 Å². The summed E-state index contributed by atoms with van der Waals surface area (Å²) >= 11 is 3.45. The van der Waals surface area contributed by atoms with Crippen molar-refractivity contribution in [3.63, 3.8) is 0 Å². The molecule has 18 heavy (non-hydrogen) atoms. The number of hydrogen-bond acceptors (Lipinski definition) is 4. The first kappa shape index (κ1) is 13.1. The fraction of sp³-hybridized carbons (Fsp3) is 0.308. The maximum atomic E-state index is 5.78. The van der Waals surface area contributed by atoms with Crippen LogP contribution in [-0.2, 0) is 13.2 Å². The Morgan fingerprint density at radius 2 is 2.11 bits per heavy atom. The van der Waals surface area contributed by atoms with E-state index in [-0.39, 0.29) is 0 Å². The predicted molar refractivity (Wildman–Crippen MR) is 72.3 cm³/mol. The molecule has 0 saturated heterocycles. The second-order valence-electron chi connectivity index (χ2n) is 4.14. The zero-order valence-corrected chi connectivity index (χ0v) is 12.0. The van der Waals surface area contributed by atoms with Crippen LogP contribution in [0.1, 0.15) is 22.6 Å². The number of rotatable bonds is 4. The fourth-order valence-corrected chi connectivity index (χ4v) is 2.40. The van der Waals surface area contributed by atoms with Gasteiger partial charge in [0.25, 0.3) is 0 Å². The van der Waals surface area contributed by atoms with E-state index in [1.165, 1.54) is 0 Å².